The normalized spacial score (nSPS) is 17.8. The predicted octanol–water partition coefficient (Wildman–Crippen LogP) is 1.67. The van der Waals surface area contributed by atoms with E-state index in [0.717, 1.165) is 45.0 Å². The van der Waals surface area contributed by atoms with Crippen molar-refractivity contribution in [2.45, 2.75) is 12.6 Å². The highest BCUT2D eigenvalue weighted by Gasteiger charge is 2.31. The smallest absolute Gasteiger partial charge is 0.337 e. The van der Waals surface area contributed by atoms with Gasteiger partial charge in [-0.2, -0.15) is 12.7 Å². The van der Waals surface area contributed by atoms with Gasteiger partial charge in [-0.3, -0.25) is 14.1 Å². The number of para-hydroxylation sites is 1. The molecule has 9 nitrogen and oxygen atoms in total. The Morgan fingerprint density at radius 1 is 1.03 bits per heavy atom. The lowest BCUT2D eigenvalue weighted by Gasteiger charge is -2.42. The maximum absolute atomic E-state index is 13.7. The van der Waals surface area contributed by atoms with Gasteiger partial charge in [0.15, 0.2) is 0 Å². The van der Waals surface area contributed by atoms with Crippen LogP contribution in [0.1, 0.15) is 15.9 Å². The van der Waals surface area contributed by atoms with E-state index in [1.807, 2.05) is 18.2 Å². The van der Waals surface area contributed by atoms with Crippen molar-refractivity contribution in [2.24, 2.45) is 0 Å². The van der Waals surface area contributed by atoms with Gasteiger partial charge in [0.1, 0.15) is 0 Å². The SMILES string of the molecule is COC(=O)c1ccc(CN(c2ccccc2)S(=O)(=O)N(C)CCN2CCN(C3COC3)CC2)cc1. The van der Waals surface area contributed by atoms with E-state index in [4.69, 9.17) is 9.47 Å². The second-order valence-electron chi connectivity index (χ2n) is 8.93. The van der Waals surface area contributed by atoms with Gasteiger partial charge in [-0.15, -0.1) is 0 Å². The molecule has 4 rings (SSSR count). The Morgan fingerprint density at radius 2 is 1.69 bits per heavy atom. The van der Waals surface area contributed by atoms with E-state index in [-0.39, 0.29) is 6.54 Å². The second-order valence-corrected chi connectivity index (χ2v) is 10.9. The van der Waals surface area contributed by atoms with Crippen LogP contribution in [0.2, 0.25) is 0 Å². The molecule has 0 aromatic heterocycles. The molecule has 190 valence electrons. The highest BCUT2D eigenvalue weighted by Crippen LogP contribution is 2.23. The minimum Gasteiger partial charge on any atom is -0.465 e. The minimum absolute atomic E-state index is 0.153. The van der Waals surface area contributed by atoms with E-state index in [1.54, 1.807) is 43.4 Å². The summed E-state index contributed by atoms with van der Waals surface area (Å²) in [5.41, 5.74) is 1.79. The molecule has 2 heterocycles. The molecule has 0 atom stereocenters. The van der Waals surface area contributed by atoms with Gasteiger partial charge in [0.05, 0.1) is 44.2 Å². The van der Waals surface area contributed by atoms with Gasteiger partial charge in [-0.25, -0.2) is 4.79 Å². The molecule has 2 aliphatic rings. The fourth-order valence-electron chi connectivity index (χ4n) is 4.28. The van der Waals surface area contributed by atoms with Crippen molar-refractivity contribution >= 4 is 21.9 Å². The molecule has 2 saturated heterocycles. The van der Waals surface area contributed by atoms with Crippen molar-refractivity contribution in [1.29, 1.82) is 0 Å². The maximum atomic E-state index is 13.7. The summed E-state index contributed by atoms with van der Waals surface area (Å²) in [7, 11) is -0.817. The number of rotatable bonds is 10. The zero-order valence-electron chi connectivity index (χ0n) is 20.4. The zero-order valence-corrected chi connectivity index (χ0v) is 21.2. The summed E-state index contributed by atoms with van der Waals surface area (Å²) in [5.74, 6) is -0.425. The largest absolute Gasteiger partial charge is 0.465 e. The lowest BCUT2D eigenvalue weighted by Crippen LogP contribution is -2.57. The number of benzene rings is 2. The number of piperazine rings is 1. The van der Waals surface area contributed by atoms with E-state index in [9.17, 15) is 13.2 Å². The van der Waals surface area contributed by atoms with Crippen molar-refractivity contribution in [3.05, 3.63) is 65.7 Å². The third kappa shape index (κ3) is 6.20. The van der Waals surface area contributed by atoms with Crippen LogP contribution < -0.4 is 4.31 Å². The maximum Gasteiger partial charge on any atom is 0.337 e. The van der Waals surface area contributed by atoms with Crippen LogP contribution in [0.3, 0.4) is 0 Å². The summed E-state index contributed by atoms with van der Waals surface area (Å²) in [6.45, 7) is 6.72. The van der Waals surface area contributed by atoms with Gasteiger partial charge in [0, 0.05) is 46.3 Å². The van der Waals surface area contributed by atoms with Gasteiger partial charge in [0.2, 0.25) is 0 Å². The van der Waals surface area contributed by atoms with Crippen molar-refractivity contribution in [2.75, 3.05) is 70.9 Å². The molecule has 35 heavy (non-hydrogen) atoms. The summed E-state index contributed by atoms with van der Waals surface area (Å²) >= 11 is 0. The molecule has 0 amide bonds. The third-order valence-corrected chi connectivity index (χ3v) is 8.56. The predicted molar refractivity (Wildman–Crippen MR) is 135 cm³/mol. The molecule has 0 radical (unpaired) electrons. The van der Waals surface area contributed by atoms with Crippen molar-refractivity contribution in [3.8, 4) is 0 Å². The first-order chi connectivity index (χ1) is 16.9. The summed E-state index contributed by atoms with van der Waals surface area (Å²) in [5, 5.41) is 0. The van der Waals surface area contributed by atoms with E-state index < -0.39 is 16.2 Å². The molecular formula is C25H34N4O5S. The van der Waals surface area contributed by atoms with Crippen LogP contribution >= 0.6 is 0 Å². The molecule has 2 aromatic rings. The average molecular weight is 503 g/mol. The number of methoxy groups -OCH3 is 1. The highest BCUT2D eigenvalue weighted by molar-refractivity contribution is 7.90. The molecule has 2 fully saturated rings. The first-order valence-corrected chi connectivity index (χ1v) is 13.3. The van der Waals surface area contributed by atoms with Crippen molar-refractivity contribution < 1.29 is 22.7 Å². The summed E-state index contributed by atoms with van der Waals surface area (Å²) < 4.78 is 40.2. The van der Waals surface area contributed by atoms with Crippen LogP contribution in [0.5, 0.6) is 0 Å². The summed E-state index contributed by atoms with van der Waals surface area (Å²) in [6, 6.07) is 16.4. The number of anilines is 1. The average Bonchev–Trinajstić information content (AvgIpc) is 2.86. The fraction of sp³-hybridized carbons (Fsp3) is 0.480. The van der Waals surface area contributed by atoms with Crippen LogP contribution in [0.15, 0.2) is 54.6 Å². The van der Waals surface area contributed by atoms with Crippen LogP contribution in [0, 0.1) is 0 Å². The lowest BCUT2D eigenvalue weighted by atomic mass is 10.1. The van der Waals surface area contributed by atoms with Gasteiger partial charge < -0.3 is 9.47 Å². The monoisotopic (exact) mass is 502 g/mol. The quantitative estimate of drug-likeness (QED) is 0.457. The Bertz CT molecular complexity index is 1070. The minimum atomic E-state index is -3.78. The highest BCUT2D eigenvalue weighted by atomic mass is 32.2. The number of carbonyl (C=O) groups is 1. The molecule has 10 heteroatoms. The zero-order chi connectivity index (χ0) is 24.8. The van der Waals surface area contributed by atoms with Crippen molar-refractivity contribution in [1.82, 2.24) is 14.1 Å². The molecule has 0 bridgehead atoms. The molecular weight excluding hydrogens is 468 g/mol. The second kappa shape index (κ2) is 11.5. The topological polar surface area (TPSA) is 82.6 Å². The Morgan fingerprint density at radius 3 is 2.26 bits per heavy atom. The van der Waals surface area contributed by atoms with E-state index in [1.165, 1.54) is 15.7 Å². The third-order valence-electron chi connectivity index (χ3n) is 6.69. The molecule has 2 aliphatic heterocycles. The summed E-state index contributed by atoms with van der Waals surface area (Å²) in [6.07, 6.45) is 0. The Hall–Kier alpha value is -2.50. The lowest BCUT2D eigenvalue weighted by molar-refractivity contribution is -0.0768. The number of esters is 1. The van der Waals surface area contributed by atoms with Crippen molar-refractivity contribution in [3.63, 3.8) is 0 Å². The van der Waals surface area contributed by atoms with E-state index >= 15 is 0 Å². The Balaban J connectivity index is 1.41. The molecule has 0 saturated carbocycles. The van der Waals surface area contributed by atoms with Gasteiger partial charge in [-0.05, 0) is 29.8 Å². The number of ether oxygens (including phenoxy) is 2. The van der Waals surface area contributed by atoms with Gasteiger partial charge >= 0.3 is 16.2 Å². The van der Waals surface area contributed by atoms with Crippen LogP contribution in [-0.4, -0.2) is 101 Å². The summed E-state index contributed by atoms with van der Waals surface area (Å²) in [4.78, 5) is 16.5. The van der Waals surface area contributed by atoms with Gasteiger partial charge in [-0.1, -0.05) is 30.3 Å². The standard InChI is InChI=1S/C25H34N4O5S/c1-26(12-13-27-14-16-28(17-15-27)24-19-34-20-24)35(31,32)29(23-6-4-3-5-7-23)18-21-8-10-22(11-9-21)25(30)33-2/h3-11,24H,12-20H2,1-2H3. The number of likely N-dealkylation sites (N-methyl/N-ethyl adjacent to an activating group) is 1. The molecule has 2 aromatic carbocycles. The molecule has 0 spiro atoms. The Kier molecular flexibility index (Phi) is 8.40. The molecule has 0 N–H and O–H groups in total. The van der Waals surface area contributed by atoms with Crippen LogP contribution in [0.25, 0.3) is 0 Å². The van der Waals surface area contributed by atoms with E-state index in [0.29, 0.717) is 30.4 Å². The number of hydrogen-bond acceptors (Lipinski definition) is 7. The number of carbonyl (C=O) groups excluding carboxylic acids is 1. The molecule has 0 aliphatic carbocycles. The van der Waals surface area contributed by atoms with Crippen LogP contribution in [-0.2, 0) is 26.2 Å². The van der Waals surface area contributed by atoms with Gasteiger partial charge in [0.25, 0.3) is 0 Å². The Labute approximate surface area is 208 Å². The number of hydrogen-bond donors (Lipinski definition) is 0. The number of nitrogens with zero attached hydrogens (tertiary/aromatic N) is 4. The molecule has 0 unspecified atom stereocenters. The van der Waals surface area contributed by atoms with E-state index in [2.05, 4.69) is 9.80 Å². The first-order valence-electron chi connectivity index (χ1n) is 11.9. The van der Waals surface area contributed by atoms with Crippen LogP contribution in [0.4, 0.5) is 5.69 Å². The first kappa shape index (κ1) is 25.6. The fourth-order valence-corrected chi connectivity index (χ4v) is 5.63.